The number of fused-ring (bicyclic) bond motifs is 3. The summed E-state index contributed by atoms with van der Waals surface area (Å²) in [5.74, 6) is -0.924. The molecule has 0 unspecified atom stereocenters. The summed E-state index contributed by atoms with van der Waals surface area (Å²) < 4.78 is 11.0. The summed E-state index contributed by atoms with van der Waals surface area (Å²) in [6, 6.07) is 16.4. The number of nitrogens with zero attached hydrogens (tertiary/aromatic N) is 1. The van der Waals surface area contributed by atoms with Crippen LogP contribution >= 0.6 is 0 Å². The van der Waals surface area contributed by atoms with Crippen molar-refractivity contribution < 1.29 is 24.2 Å². The van der Waals surface area contributed by atoms with Gasteiger partial charge in [0.25, 0.3) is 0 Å². The van der Waals surface area contributed by atoms with E-state index >= 15 is 0 Å². The maximum absolute atomic E-state index is 12.5. The Hall–Kier alpha value is -2.86. The van der Waals surface area contributed by atoms with Gasteiger partial charge in [-0.25, -0.2) is 4.79 Å². The Kier molecular flexibility index (Phi) is 4.81. The number of aliphatic carboxylic acids is 1. The third-order valence-corrected chi connectivity index (χ3v) is 5.14. The molecule has 6 heteroatoms. The van der Waals surface area contributed by atoms with Crippen LogP contribution in [-0.2, 0) is 14.3 Å². The zero-order valence-corrected chi connectivity index (χ0v) is 14.8. The number of carbonyl (C=O) groups excluding carboxylic acids is 1. The minimum atomic E-state index is -0.936. The molecule has 140 valence electrons. The average molecular weight is 367 g/mol. The first-order valence-corrected chi connectivity index (χ1v) is 9.07. The summed E-state index contributed by atoms with van der Waals surface area (Å²) in [4.78, 5) is 24.9. The summed E-state index contributed by atoms with van der Waals surface area (Å²) in [6.45, 7) is 1.23. The fourth-order valence-corrected chi connectivity index (χ4v) is 3.89. The lowest BCUT2D eigenvalue weighted by atomic mass is 9.98. The molecule has 6 nitrogen and oxygen atoms in total. The highest BCUT2D eigenvalue weighted by atomic mass is 16.6. The van der Waals surface area contributed by atoms with Gasteiger partial charge in [0.1, 0.15) is 6.61 Å². The Morgan fingerprint density at radius 2 is 1.70 bits per heavy atom. The Bertz CT molecular complexity index is 820. The van der Waals surface area contributed by atoms with Gasteiger partial charge in [0.05, 0.1) is 25.7 Å². The standard InChI is InChI=1S/C21H21NO5/c23-20(24)11-14-12-22(9-10-26-14)21(25)27-13-19-17-7-3-1-5-15(17)16-6-2-4-8-18(16)19/h1-8,14,19H,9-13H2,(H,23,24)/t14-/m0/s1. The maximum Gasteiger partial charge on any atom is 0.409 e. The summed E-state index contributed by atoms with van der Waals surface area (Å²) in [5, 5.41) is 8.91. The maximum atomic E-state index is 12.5. The molecule has 0 radical (unpaired) electrons. The second-order valence-corrected chi connectivity index (χ2v) is 6.84. The average Bonchev–Trinajstić information content (AvgIpc) is 3.00. The molecule has 1 aliphatic heterocycles. The van der Waals surface area contributed by atoms with Crippen molar-refractivity contribution >= 4 is 12.1 Å². The number of carbonyl (C=O) groups is 2. The predicted molar refractivity (Wildman–Crippen MR) is 98.6 cm³/mol. The van der Waals surface area contributed by atoms with Crippen LogP contribution in [0.5, 0.6) is 0 Å². The molecule has 0 spiro atoms. The molecule has 1 atom stereocenters. The van der Waals surface area contributed by atoms with E-state index in [9.17, 15) is 9.59 Å². The molecule has 1 aliphatic carbocycles. The molecule has 1 N–H and O–H groups in total. The first-order valence-electron chi connectivity index (χ1n) is 9.07. The largest absolute Gasteiger partial charge is 0.481 e. The number of hydrogen-bond acceptors (Lipinski definition) is 4. The van der Waals surface area contributed by atoms with Gasteiger partial charge in [0, 0.05) is 12.5 Å². The molecular formula is C21H21NO5. The van der Waals surface area contributed by atoms with Gasteiger partial charge < -0.3 is 19.5 Å². The molecule has 1 fully saturated rings. The fourth-order valence-electron chi connectivity index (χ4n) is 3.89. The monoisotopic (exact) mass is 367 g/mol. The first-order chi connectivity index (χ1) is 13.1. The Morgan fingerprint density at radius 1 is 1.07 bits per heavy atom. The van der Waals surface area contributed by atoms with E-state index in [1.807, 2.05) is 24.3 Å². The smallest absolute Gasteiger partial charge is 0.409 e. The van der Waals surface area contributed by atoms with Crippen molar-refractivity contribution in [1.82, 2.24) is 4.90 Å². The Morgan fingerprint density at radius 3 is 2.33 bits per heavy atom. The van der Waals surface area contributed by atoms with E-state index in [4.69, 9.17) is 14.6 Å². The number of benzene rings is 2. The van der Waals surface area contributed by atoms with Crippen molar-refractivity contribution in [3.63, 3.8) is 0 Å². The number of morpholine rings is 1. The van der Waals surface area contributed by atoms with E-state index < -0.39 is 18.2 Å². The lowest BCUT2D eigenvalue weighted by molar-refractivity contribution is -0.141. The van der Waals surface area contributed by atoms with Crippen molar-refractivity contribution in [3.8, 4) is 11.1 Å². The van der Waals surface area contributed by atoms with E-state index in [-0.39, 0.29) is 25.5 Å². The van der Waals surface area contributed by atoms with Crippen LogP contribution in [-0.4, -0.2) is 54.5 Å². The molecule has 1 saturated heterocycles. The third kappa shape index (κ3) is 3.53. The first kappa shape index (κ1) is 17.5. The van der Waals surface area contributed by atoms with Gasteiger partial charge in [-0.05, 0) is 22.3 Å². The molecule has 2 aliphatic rings. The normalized spacial score (nSPS) is 18.7. The van der Waals surface area contributed by atoms with Crippen LogP contribution in [0.3, 0.4) is 0 Å². The highest BCUT2D eigenvalue weighted by Crippen LogP contribution is 2.44. The molecule has 4 rings (SSSR count). The lowest BCUT2D eigenvalue weighted by Crippen LogP contribution is -2.46. The highest BCUT2D eigenvalue weighted by Gasteiger charge is 2.31. The highest BCUT2D eigenvalue weighted by molar-refractivity contribution is 5.79. The molecule has 0 bridgehead atoms. The van der Waals surface area contributed by atoms with Crippen LogP contribution in [0, 0.1) is 0 Å². The number of carboxylic acids is 1. The molecule has 1 amide bonds. The minimum Gasteiger partial charge on any atom is -0.481 e. The van der Waals surface area contributed by atoms with Crippen molar-refractivity contribution in [1.29, 1.82) is 0 Å². The van der Waals surface area contributed by atoms with Crippen molar-refractivity contribution in [2.75, 3.05) is 26.3 Å². The molecule has 0 aromatic heterocycles. The second-order valence-electron chi connectivity index (χ2n) is 6.84. The summed E-state index contributed by atoms with van der Waals surface area (Å²) in [7, 11) is 0. The van der Waals surface area contributed by atoms with Crippen LogP contribution in [0.25, 0.3) is 11.1 Å². The number of hydrogen-bond donors (Lipinski definition) is 1. The molecule has 0 saturated carbocycles. The van der Waals surface area contributed by atoms with Crippen LogP contribution in [0.2, 0.25) is 0 Å². The van der Waals surface area contributed by atoms with E-state index in [1.165, 1.54) is 16.0 Å². The van der Waals surface area contributed by atoms with Gasteiger partial charge in [0.15, 0.2) is 0 Å². The summed E-state index contributed by atoms with van der Waals surface area (Å²) in [5.41, 5.74) is 4.69. The van der Waals surface area contributed by atoms with Crippen molar-refractivity contribution in [3.05, 3.63) is 59.7 Å². The molecular weight excluding hydrogens is 346 g/mol. The molecule has 27 heavy (non-hydrogen) atoms. The van der Waals surface area contributed by atoms with Crippen molar-refractivity contribution in [2.24, 2.45) is 0 Å². The molecule has 2 aromatic rings. The van der Waals surface area contributed by atoms with E-state index in [1.54, 1.807) is 0 Å². The molecule has 2 aromatic carbocycles. The number of rotatable bonds is 4. The minimum absolute atomic E-state index is 0.0113. The van der Waals surface area contributed by atoms with E-state index in [0.717, 1.165) is 11.1 Å². The van der Waals surface area contributed by atoms with Gasteiger partial charge in [-0.15, -0.1) is 0 Å². The zero-order chi connectivity index (χ0) is 18.8. The summed E-state index contributed by atoms with van der Waals surface area (Å²) in [6.07, 6.45) is -1.03. The van der Waals surface area contributed by atoms with Crippen LogP contribution in [0.4, 0.5) is 4.79 Å². The lowest BCUT2D eigenvalue weighted by Gasteiger charge is -2.31. The van der Waals surface area contributed by atoms with Gasteiger partial charge in [-0.2, -0.15) is 0 Å². The topological polar surface area (TPSA) is 76.1 Å². The van der Waals surface area contributed by atoms with Crippen LogP contribution in [0.1, 0.15) is 23.5 Å². The third-order valence-electron chi connectivity index (χ3n) is 5.14. The number of amides is 1. The fraction of sp³-hybridized carbons (Fsp3) is 0.333. The van der Waals surface area contributed by atoms with Crippen molar-refractivity contribution in [2.45, 2.75) is 18.4 Å². The van der Waals surface area contributed by atoms with Gasteiger partial charge >= 0.3 is 12.1 Å². The van der Waals surface area contributed by atoms with Crippen LogP contribution in [0.15, 0.2) is 48.5 Å². The summed E-state index contributed by atoms with van der Waals surface area (Å²) >= 11 is 0. The van der Waals surface area contributed by atoms with E-state index in [0.29, 0.717) is 13.2 Å². The Balaban J connectivity index is 1.44. The van der Waals surface area contributed by atoms with Gasteiger partial charge in [0.2, 0.25) is 0 Å². The number of carboxylic acid groups (broad SMARTS) is 1. The quantitative estimate of drug-likeness (QED) is 0.899. The zero-order valence-electron chi connectivity index (χ0n) is 14.8. The Labute approximate surface area is 157 Å². The van der Waals surface area contributed by atoms with Crippen LogP contribution < -0.4 is 0 Å². The van der Waals surface area contributed by atoms with Gasteiger partial charge in [-0.3, -0.25) is 4.79 Å². The van der Waals surface area contributed by atoms with E-state index in [2.05, 4.69) is 24.3 Å². The second kappa shape index (κ2) is 7.40. The molecule has 1 heterocycles. The number of ether oxygens (including phenoxy) is 2. The SMILES string of the molecule is O=C(O)C[C@H]1CN(C(=O)OCC2c3ccccc3-c3ccccc32)CCO1. The predicted octanol–water partition coefficient (Wildman–Crippen LogP) is 3.11. The van der Waals surface area contributed by atoms with Gasteiger partial charge in [-0.1, -0.05) is 48.5 Å².